The van der Waals surface area contributed by atoms with Gasteiger partial charge in [0.1, 0.15) is 6.10 Å². The minimum Gasteiger partial charge on any atom is -0.383 e. The van der Waals surface area contributed by atoms with Gasteiger partial charge in [-0.2, -0.15) is 0 Å². The third kappa shape index (κ3) is 2.60. The first-order chi connectivity index (χ1) is 8.18. The van der Waals surface area contributed by atoms with Gasteiger partial charge in [-0.25, -0.2) is 0 Å². The van der Waals surface area contributed by atoms with E-state index >= 15 is 0 Å². The van der Waals surface area contributed by atoms with Gasteiger partial charge in [-0.15, -0.1) is 0 Å². The summed E-state index contributed by atoms with van der Waals surface area (Å²) in [6.45, 7) is 0. The summed E-state index contributed by atoms with van der Waals surface area (Å²) in [5.41, 5.74) is 6.99. The molecule has 1 aromatic heterocycles. The number of nitrogens with two attached hydrogens (primary N) is 1. The van der Waals surface area contributed by atoms with Gasteiger partial charge in [0.2, 0.25) is 5.91 Å². The summed E-state index contributed by atoms with van der Waals surface area (Å²) in [4.78, 5) is 15.0. The first kappa shape index (κ1) is 11.5. The molecular formula is C13H14N2O2. The Bertz CT molecular complexity index is 534. The van der Waals surface area contributed by atoms with Gasteiger partial charge in [0.15, 0.2) is 0 Å². The van der Waals surface area contributed by atoms with Crippen LogP contribution in [0.1, 0.15) is 12.0 Å². The number of hydrogen-bond donors (Lipinski definition) is 2. The number of aliphatic hydroxyl groups is 1. The van der Waals surface area contributed by atoms with Crippen LogP contribution in [0, 0.1) is 0 Å². The highest BCUT2D eigenvalue weighted by Crippen LogP contribution is 2.17. The fourth-order valence-electron chi connectivity index (χ4n) is 1.81. The molecule has 1 atom stereocenters. The Morgan fingerprint density at radius 1 is 1.35 bits per heavy atom. The van der Waals surface area contributed by atoms with Crippen molar-refractivity contribution in [1.29, 1.82) is 0 Å². The number of para-hydroxylation sites is 1. The molecule has 0 aliphatic heterocycles. The number of aliphatic hydroxyl groups excluding tert-OH is 1. The monoisotopic (exact) mass is 230 g/mol. The molecule has 4 nitrogen and oxygen atoms in total. The third-order valence-corrected chi connectivity index (χ3v) is 2.75. The number of nitrogens with zero attached hydrogens (tertiary/aromatic N) is 1. The number of carbonyl (C=O) groups excluding carboxylic acids is 1. The molecule has 88 valence electrons. The van der Waals surface area contributed by atoms with Crippen molar-refractivity contribution in [2.24, 2.45) is 5.73 Å². The molecule has 1 aromatic carbocycles. The number of rotatable bonds is 4. The van der Waals surface area contributed by atoms with E-state index in [2.05, 4.69) is 4.98 Å². The molecule has 4 heteroatoms. The van der Waals surface area contributed by atoms with E-state index in [9.17, 15) is 9.90 Å². The summed E-state index contributed by atoms with van der Waals surface area (Å²) in [6.07, 6.45) is 1.59. The van der Waals surface area contributed by atoms with Crippen molar-refractivity contribution in [2.75, 3.05) is 0 Å². The molecule has 1 heterocycles. The van der Waals surface area contributed by atoms with Crippen molar-refractivity contribution >= 4 is 16.8 Å². The number of amides is 1. The van der Waals surface area contributed by atoms with E-state index in [1.807, 2.05) is 30.3 Å². The molecule has 1 amide bonds. The van der Waals surface area contributed by atoms with E-state index in [0.29, 0.717) is 12.8 Å². The van der Waals surface area contributed by atoms with E-state index in [1.54, 1.807) is 6.20 Å². The van der Waals surface area contributed by atoms with Gasteiger partial charge >= 0.3 is 0 Å². The molecule has 0 spiro atoms. The van der Waals surface area contributed by atoms with Crippen LogP contribution in [-0.4, -0.2) is 22.1 Å². The van der Waals surface area contributed by atoms with Crippen LogP contribution in [0.2, 0.25) is 0 Å². The lowest BCUT2D eigenvalue weighted by atomic mass is 10.0. The molecule has 0 aliphatic carbocycles. The lowest BCUT2D eigenvalue weighted by molar-refractivity contribution is -0.126. The van der Waals surface area contributed by atoms with Crippen LogP contribution in [-0.2, 0) is 11.2 Å². The van der Waals surface area contributed by atoms with Crippen molar-refractivity contribution < 1.29 is 9.90 Å². The molecule has 1 unspecified atom stereocenters. The van der Waals surface area contributed by atoms with Gasteiger partial charge in [-0.1, -0.05) is 18.2 Å². The number of primary amides is 1. The van der Waals surface area contributed by atoms with Gasteiger partial charge in [0, 0.05) is 11.6 Å². The molecule has 0 bridgehead atoms. The van der Waals surface area contributed by atoms with E-state index < -0.39 is 12.0 Å². The first-order valence-corrected chi connectivity index (χ1v) is 5.48. The third-order valence-electron chi connectivity index (χ3n) is 2.75. The highest BCUT2D eigenvalue weighted by atomic mass is 16.3. The van der Waals surface area contributed by atoms with Crippen molar-refractivity contribution in [2.45, 2.75) is 18.9 Å². The quantitative estimate of drug-likeness (QED) is 0.823. The van der Waals surface area contributed by atoms with Gasteiger partial charge in [-0.05, 0) is 30.5 Å². The summed E-state index contributed by atoms with van der Waals surface area (Å²) in [6, 6.07) is 9.68. The maximum Gasteiger partial charge on any atom is 0.246 e. The average molecular weight is 230 g/mol. The number of benzene rings is 1. The van der Waals surface area contributed by atoms with Crippen LogP contribution in [0.15, 0.2) is 36.5 Å². The number of carbonyl (C=O) groups is 1. The second kappa shape index (κ2) is 4.93. The largest absolute Gasteiger partial charge is 0.383 e. The Balaban J connectivity index is 2.21. The molecule has 17 heavy (non-hydrogen) atoms. The van der Waals surface area contributed by atoms with E-state index in [1.165, 1.54) is 0 Å². The van der Waals surface area contributed by atoms with Crippen molar-refractivity contribution in [3.63, 3.8) is 0 Å². The summed E-state index contributed by atoms with van der Waals surface area (Å²) in [5.74, 6) is -0.677. The summed E-state index contributed by atoms with van der Waals surface area (Å²) in [7, 11) is 0. The number of hydrogen-bond acceptors (Lipinski definition) is 3. The Morgan fingerprint density at radius 2 is 2.12 bits per heavy atom. The van der Waals surface area contributed by atoms with Crippen LogP contribution in [0.5, 0.6) is 0 Å². The second-order valence-corrected chi connectivity index (χ2v) is 3.94. The zero-order chi connectivity index (χ0) is 12.3. The van der Waals surface area contributed by atoms with Crippen LogP contribution < -0.4 is 5.73 Å². The van der Waals surface area contributed by atoms with E-state index in [0.717, 1.165) is 16.5 Å². The lowest BCUT2D eigenvalue weighted by Gasteiger charge is -2.08. The fraction of sp³-hybridized carbons (Fsp3) is 0.231. The lowest BCUT2D eigenvalue weighted by Crippen LogP contribution is -2.28. The van der Waals surface area contributed by atoms with Crippen LogP contribution in [0.4, 0.5) is 0 Å². The standard InChI is InChI=1S/C13H14N2O2/c14-13(17)12(16)6-5-9-7-8-15-11-4-2-1-3-10(9)11/h1-4,7-8,12,16H,5-6H2,(H2,14,17). The smallest absolute Gasteiger partial charge is 0.246 e. The Hall–Kier alpha value is -1.94. The zero-order valence-corrected chi connectivity index (χ0v) is 9.34. The molecule has 0 saturated carbocycles. The van der Waals surface area contributed by atoms with Crippen LogP contribution in [0.3, 0.4) is 0 Å². The maximum atomic E-state index is 10.7. The summed E-state index contributed by atoms with van der Waals surface area (Å²) >= 11 is 0. The van der Waals surface area contributed by atoms with Crippen LogP contribution in [0.25, 0.3) is 10.9 Å². The van der Waals surface area contributed by atoms with Gasteiger partial charge in [0.25, 0.3) is 0 Å². The van der Waals surface area contributed by atoms with Crippen molar-refractivity contribution in [1.82, 2.24) is 4.98 Å². The van der Waals surface area contributed by atoms with Gasteiger partial charge in [0.05, 0.1) is 5.52 Å². The predicted octanol–water partition coefficient (Wildman–Crippen LogP) is 1.01. The normalized spacial score (nSPS) is 12.5. The molecule has 0 fully saturated rings. The van der Waals surface area contributed by atoms with E-state index in [4.69, 9.17) is 5.73 Å². The number of fused-ring (bicyclic) bond motifs is 1. The fourth-order valence-corrected chi connectivity index (χ4v) is 1.81. The minimum absolute atomic E-state index is 0.337. The Labute approximate surface area is 99.1 Å². The van der Waals surface area contributed by atoms with E-state index in [-0.39, 0.29) is 0 Å². The van der Waals surface area contributed by atoms with Crippen molar-refractivity contribution in [3.8, 4) is 0 Å². The Morgan fingerprint density at radius 3 is 2.88 bits per heavy atom. The number of pyridine rings is 1. The maximum absolute atomic E-state index is 10.7. The molecule has 0 aliphatic rings. The summed E-state index contributed by atoms with van der Waals surface area (Å²) in [5, 5.41) is 10.4. The predicted molar refractivity (Wildman–Crippen MR) is 65.3 cm³/mol. The molecule has 2 rings (SSSR count). The van der Waals surface area contributed by atoms with Gasteiger partial charge in [-0.3, -0.25) is 9.78 Å². The molecule has 0 saturated heterocycles. The topological polar surface area (TPSA) is 76.2 Å². The SMILES string of the molecule is NC(=O)C(O)CCc1ccnc2ccccc12. The molecule has 2 aromatic rings. The van der Waals surface area contributed by atoms with Crippen LogP contribution >= 0.6 is 0 Å². The first-order valence-electron chi connectivity index (χ1n) is 5.48. The minimum atomic E-state index is -1.08. The molecule has 0 radical (unpaired) electrons. The number of aryl methyl sites for hydroxylation is 1. The highest BCUT2D eigenvalue weighted by Gasteiger charge is 2.11. The average Bonchev–Trinajstić information content (AvgIpc) is 2.35. The number of aromatic nitrogens is 1. The van der Waals surface area contributed by atoms with Crippen molar-refractivity contribution in [3.05, 3.63) is 42.1 Å². The zero-order valence-electron chi connectivity index (χ0n) is 9.34. The molecule has 3 N–H and O–H groups in total. The second-order valence-electron chi connectivity index (χ2n) is 3.94. The van der Waals surface area contributed by atoms with Gasteiger partial charge < -0.3 is 10.8 Å². The molecular weight excluding hydrogens is 216 g/mol. The highest BCUT2D eigenvalue weighted by molar-refractivity contribution is 5.82. The Kier molecular flexibility index (Phi) is 3.35. The summed E-state index contributed by atoms with van der Waals surface area (Å²) < 4.78 is 0.